The molecule has 9 aromatic rings. The third-order valence-electron chi connectivity index (χ3n) is 10.2. The minimum absolute atomic E-state index is 0.492. The second-order valence-electron chi connectivity index (χ2n) is 13.5. The number of fused-ring (bicyclic) bond motifs is 6. The maximum absolute atomic E-state index is 2.42. The summed E-state index contributed by atoms with van der Waals surface area (Å²) in [5.74, 6) is 0.492. The predicted molar refractivity (Wildman–Crippen MR) is 216 cm³/mol. The summed E-state index contributed by atoms with van der Waals surface area (Å²) in [5, 5.41) is 10.2. The first kappa shape index (κ1) is 29.9. The summed E-state index contributed by atoms with van der Waals surface area (Å²) < 4.78 is 0. The fraction of sp³-hybridized carbons (Fsp3) is 0.0612. The Morgan fingerprint density at radius 2 is 0.860 bits per heavy atom. The van der Waals surface area contributed by atoms with Crippen molar-refractivity contribution >= 4 is 60.2 Å². The Morgan fingerprint density at radius 3 is 1.52 bits per heavy atom. The topological polar surface area (TPSA) is 3.24 Å². The largest absolute Gasteiger partial charge is 0.311 e. The molecule has 0 aliphatic rings. The van der Waals surface area contributed by atoms with Crippen LogP contribution >= 0.6 is 0 Å². The van der Waals surface area contributed by atoms with Gasteiger partial charge in [-0.3, -0.25) is 0 Å². The third-order valence-corrected chi connectivity index (χ3v) is 10.2. The lowest BCUT2D eigenvalue weighted by Gasteiger charge is -2.26. The molecule has 0 atom stereocenters. The van der Waals surface area contributed by atoms with Gasteiger partial charge >= 0.3 is 0 Å². The van der Waals surface area contributed by atoms with Crippen molar-refractivity contribution in [2.45, 2.75) is 19.8 Å². The molecule has 0 aromatic heterocycles. The van der Waals surface area contributed by atoms with Crippen LogP contribution in [0.25, 0.3) is 65.3 Å². The van der Waals surface area contributed by atoms with Crippen LogP contribution in [0, 0.1) is 0 Å². The third kappa shape index (κ3) is 5.11. The van der Waals surface area contributed by atoms with E-state index in [1.165, 1.54) is 70.9 Å². The fourth-order valence-electron chi connectivity index (χ4n) is 7.73. The van der Waals surface area contributed by atoms with Gasteiger partial charge in [-0.1, -0.05) is 147 Å². The van der Waals surface area contributed by atoms with E-state index >= 15 is 0 Å². The van der Waals surface area contributed by atoms with Gasteiger partial charge in [0.15, 0.2) is 0 Å². The molecule has 0 radical (unpaired) electrons. The highest BCUT2D eigenvalue weighted by atomic mass is 15.1. The van der Waals surface area contributed by atoms with Crippen molar-refractivity contribution in [1.29, 1.82) is 0 Å². The molecule has 0 unspecified atom stereocenters. The lowest BCUT2D eigenvalue weighted by atomic mass is 9.86. The Bertz CT molecular complexity index is 2650. The van der Waals surface area contributed by atoms with Crippen LogP contribution in [0.4, 0.5) is 17.1 Å². The molecule has 1 heteroatoms. The van der Waals surface area contributed by atoms with Crippen LogP contribution in [0.3, 0.4) is 0 Å². The molecule has 0 heterocycles. The molecule has 0 bridgehead atoms. The van der Waals surface area contributed by atoms with E-state index in [9.17, 15) is 0 Å². The number of hydrogen-bond donors (Lipinski definition) is 0. The second-order valence-corrected chi connectivity index (χ2v) is 13.5. The second kappa shape index (κ2) is 12.4. The van der Waals surface area contributed by atoms with E-state index in [1.54, 1.807) is 0 Å². The van der Waals surface area contributed by atoms with Crippen LogP contribution in [-0.2, 0) is 0 Å². The van der Waals surface area contributed by atoms with Gasteiger partial charge in [-0.15, -0.1) is 0 Å². The normalized spacial score (nSPS) is 11.6. The maximum Gasteiger partial charge on any atom is 0.0462 e. The molecule has 9 aromatic carbocycles. The summed E-state index contributed by atoms with van der Waals surface area (Å²) in [5.41, 5.74) is 9.74. The van der Waals surface area contributed by atoms with Gasteiger partial charge in [-0.05, 0) is 125 Å². The number of anilines is 3. The van der Waals surface area contributed by atoms with Crippen molar-refractivity contribution in [3.05, 3.63) is 188 Å². The molecule has 0 spiro atoms. The number of rotatable bonds is 6. The maximum atomic E-state index is 2.42. The number of nitrogens with zero attached hydrogens (tertiary/aromatic N) is 1. The molecule has 0 saturated carbocycles. The van der Waals surface area contributed by atoms with Crippen molar-refractivity contribution < 1.29 is 0 Å². The zero-order chi connectivity index (χ0) is 33.6. The summed E-state index contributed by atoms with van der Waals surface area (Å²) in [4.78, 5) is 2.34. The molecular formula is C49H37N. The number of benzene rings is 9. The zero-order valence-electron chi connectivity index (χ0n) is 28.3. The average molecular weight is 640 g/mol. The Kier molecular flexibility index (Phi) is 7.40. The van der Waals surface area contributed by atoms with Gasteiger partial charge in [0.2, 0.25) is 0 Å². The minimum Gasteiger partial charge on any atom is -0.311 e. The Labute approximate surface area is 293 Å². The van der Waals surface area contributed by atoms with E-state index in [2.05, 4.69) is 201 Å². The summed E-state index contributed by atoms with van der Waals surface area (Å²) in [6.45, 7) is 4.48. The molecule has 0 fully saturated rings. The molecule has 0 saturated heterocycles. The van der Waals surface area contributed by atoms with Crippen molar-refractivity contribution in [3.8, 4) is 22.3 Å². The van der Waals surface area contributed by atoms with Gasteiger partial charge in [-0.2, -0.15) is 0 Å². The Morgan fingerprint density at radius 1 is 0.360 bits per heavy atom. The molecule has 0 aliphatic carbocycles. The summed E-state index contributed by atoms with van der Waals surface area (Å²) >= 11 is 0. The van der Waals surface area contributed by atoms with E-state index in [4.69, 9.17) is 0 Å². The summed E-state index contributed by atoms with van der Waals surface area (Å²) in [7, 11) is 0. The first-order chi connectivity index (χ1) is 24.6. The van der Waals surface area contributed by atoms with Crippen LogP contribution in [0.2, 0.25) is 0 Å². The van der Waals surface area contributed by atoms with Crippen LogP contribution in [-0.4, -0.2) is 0 Å². The first-order valence-corrected chi connectivity index (χ1v) is 17.5. The lowest BCUT2D eigenvalue weighted by molar-refractivity contribution is 0.866. The quantitative estimate of drug-likeness (QED) is 0.164. The van der Waals surface area contributed by atoms with Gasteiger partial charge in [0.25, 0.3) is 0 Å². The van der Waals surface area contributed by atoms with Crippen LogP contribution in [0.5, 0.6) is 0 Å². The van der Waals surface area contributed by atoms with Crippen LogP contribution in [0.15, 0.2) is 182 Å². The monoisotopic (exact) mass is 639 g/mol. The van der Waals surface area contributed by atoms with Gasteiger partial charge in [0.1, 0.15) is 0 Å². The molecule has 1 nitrogen and oxygen atoms in total. The van der Waals surface area contributed by atoms with Crippen LogP contribution < -0.4 is 4.90 Å². The van der Waals surface area contributed by atoms with E-state index in [1.807, 2.05) is 0 Å². The first-order valence-electron chi connectivity index (χ1n) is 17.5. The Hall–Kier alpha value is -6.18. The highest BCUT2D eigenvalue weighted by molar-refractivity contribution is 6.26. The molecule has 0 amide bonds. The summed E-state index contributed by atoms with van der Waals surface area (Å²) in [6, 6.07) is 66.7. The standard InChI is InChI=1S/C49H37N/c1-33(2)34-23-27-39(28-24-34)50(38-15-4-3-5-16-38)40-29-25-36(26-30-40)47-31-37-32-48(42-22-12-14-35-13-6-7-17-41(35)42)44-19-9-11-21-46(44)49(37)45-20-10-8-18-43(45)47/h3-33H,1-2H3. The smallest absolute Gasteiger partial charge is 0.0462 e. The van der Waals surface area contributed by atoms with Gasteiger partial charge in [0, 0.05) is 17.1 Å². The van der Waals surface area contributed by atoms with Crippen molar-refractivity contribution in [1.82, 2.24) is 0 Å². The van der Waals surface area contributed by atoms with Crippen molar-refractivity contribution in [2.75, 3.05) is 4.90 Å². The highest BCUT2D eigenvalue weighted by Crippen LogP contribution is 2.44. The average Bonchev–Trinajstić information content (AvgIpc) is 3.18. The van der Waals surface area contributed by atoms with Crippen LogP contribution in [0.1, 0.15) is 25.3 Å². The summed E-state index contributed by atoms with van der Waals surface area (Å²) in [6.07, 6.45) is 0. The van der Waals surface area contributed by atoms with Crippen molar-refractivity contribution in [2.24, 2.45) is 0 Å². The van der Waals surface area contributed by atoms with E-state index in [0.717, 1.165) is 17.1 Å². The number of para-hydroxylation sites is 1. The van der Waals surface area contributed by atoms with E-state index in [-0.39, 0.29) is 0 Å². The van der Waals surface area contributed by atoms with Gasteiger partial charge in [-0.25, -0.2) is 0 Å². The van der Waals surface area contributed by atoms with Gasteiger partial charge in [0.05, 0.1) is 0 Å². The Balaban J connectivity index is 1.23. The molecule has 9 rings (SSSR count). The van der Waals surface area contributed by atoms with Gasteiger partial charge < -0.3 is 4.90 Å². The molecule has 0 aliphatic heterocycles. The molecular weight excluding hydrogens is 603 g/mol. The van der Waals surface area contributed by atoms with E-state index in [0.29, 0.717) is 5.92 Å². The fourth-order valence-corrected chi connectivity index (χ4v) is 7.73. The van der Waals surface area contributed by atoms with E-state index < -0.39 is 0 Å². The lowest BCUT2D eigenvalue weighted by Crippen LogP contribution is -2.09. The molecule has 50 heavy (non-hydrogen) atoms. The SMILES string of the molecule is CC(C)c1ccc(N(c2ccccc2)c2ccc(-c3cc4cc(-c5cccc6ccccc56)c5ccccc5c4c4ccccc34)cc2)cc1. The highest BCUT2D eigenvalue weighted by Gasteiger charge is 2.17. The molecule has 238 valence electrons. The minimum atomic E-state index is 0.492. The zero-order valence-corrected chi connectivity index (χ0v) is 28.3. The predicted octanol–water partition coefficient (Wildman–Crippen LogP) is 14.2. The molecule has 0 N–H and O–H groups in total. The number of hydrogen-bond acceptors (Lipinski definition) is 1. The van der Waals surface area contributed by atoms with Crippen molar-refractivity contribution in [3.63, 3.8) is 0 Å².